The Hall–Kier alpha value is -7.48. The second-order valence-corrected chi connectivity index (χ2v) is 15.6. The summed E-state index contributed by atoms with van der Waals surface area (Å²) in [7, 11) is 0. The van der Waals surface area contributed by atoms with E-state index in [0.29, 0.717) is 0 Å². The van der Waals surface area contributed by atoms with Crippen molar-refractivity contribution in [2.24, 2.45) is 0 Å². The van der Waals surface area contributed by atoms with Gasteiger partial charge in [0, 0.05) is 22.3 Å². The van der Waals surface area contributed by atoms with Gasteiger partial charge in [0.1, 0.15) is 0 Å². The molecule has 10 aromatic rings. The van der Waals surface area contributed by atoms with Crippen molar-refractivity contribution in [1.29, 1.82) is 0 Å². The Morgan fingerprint density at radius 3 is 1.47 bits per heavy atom. The molecule has 2 aliphatic carbocycles. The van der Waals surface area contributed by atoms with Gasteiger partial charge in [-0.25, -0.2) is 0 Å². The number of rotatable bonds is 5. The zero-order valence-electron chi connectivity index (χ0n) is 31.8. The van der Waals surface area contributed by atoms with E-state index in [1.54, 1.807) is 0 Å². The van der Waals surface area contributed by atoms with E-state index in [-0.39, 0.29) is 0 Å². The van der Waals surface area contributed by atoms with Gasteiger partial charge in [0.25, 0.3) is 0 Å². The molecule has 0 atom stereocenters. The van der Waals surface area contributed by atoms with E-state index >= 15 is 0 Å². The molecule has 0 unspecified atom stereocenters. The van der Waals surface area contributed by atoms with Gasteiger partial charge in [-0.3, -0.25) is 0 Å². The second kappa shape index (κ2) is 12.8. The first-order valence-electron chi connectivity index (χ1n) is 20.2. The normalized spacial score (nSPS) is 13.0. The van der Waals surface area contributed by atoms with Crippen LogP contribution in [0.25, 0.3) is 66.1 Å². The average Bonchev–Trinajstić information content (AvgIpc) is 3.78. The van der Waals surface area contributed by atoms with E-state index in [0.717, 1.165) is 11.4 Å². The van der Waals surface area contributed by atoms with Crippen LogP contribution in [0, 0.1) is 0 Å². The zero-order valence-corrected chi connectivity index (χ0v) is 31.8. The summed E-state index contributed by atoms with van der Waals surface area (Å²) < 4.78 is 0. The molecule has 0 aliphatic heterocycles. The van der Waals surface area contributed by atoms with Gasteiger partial charge < -0.3 is 4.90 Å². The van der Waals surface area contributed by atoms with Crippen LogP contribution in [0.3, 0.4) is 0 Å². The Kier molecular flexibility index (Phi) is 7.21. The molecule has 1 heteroatoms. The summed E-state index contributed by atoms with van der Waals surface area (Å²) in [6.45, 7) is 0. The van der Waals surface area contributed by atoms with Crippen LogP contribution in [0.15, 0.2) is 224 Å². The molecule has 0 radical (unpaired) electrons. The summed E-state index contributed by atoms with van der Waals surface area (Å²) in [5, 5.41) is 4.92. The minimum atomic E-state index is -0.494. The van der Waals surface area contributed by atoms with Crippen LogP contribution in [-0.4, -0.2) is 0 Å². The van der Waals surface area contributed by atoms with E-state index in [9.17, 15) is 0 Å². The molecule has 1 spiro atoms. The van der Waals surface area contributed by atoms with Gasteiger partial charge in [-0.2, -0.15) is 0 Å². The highest BCUT2D eigenvalue weighted by Crippen LogP contribution is 2.67. The fourth-order valence-electron chi connectivity index (χ4n) is 10.3. The average molecular weight is 736 g/mol. The van der Waals surface area contributed by atoms with Crippen molar-refractivity contribution in [2.75, 3.05) is 4.90 Å². The van der Waals surface area contributed by atoms with Gasteiger partial charge in [-0.05, 0) is 102 Å². The van der Waals surface area contributed by atoms with Crippen LogP contribution < -0.4 is 4.90 Å². The topological polar surface area (TPSA) is 3.24 Å². The minimum absolute atomic E-state index is 0.494. The molecule has 0 fully saturated rings. The van der Waals surface area contributed by atoms with Crippen LogP contribution in [0.2, 0.25) is 0 Å². The van der Waals surface area contributed by atoms with Crippen LogP contribution >= 0.6 is 0 Å². The van der Waals surface area contributed by atoms with Crippen molar-refractivity contribution in [1.82, 2.24) is 0 Å². The molecule has 58 heavy (non-hydrogen) atoms. The Morgan fingerprint density at radius 1 is 0.310 bits per heavy atom. The number of hydrogen-bond acceptors (Lipinski definition) is 1. The van der Waals surface area contributed by atoms with Crippen molar-refractivity contribution in [3.8, 4) is 44.5 Å². The van der Waals surface area contributed by atoms with Crippen LogP contribution in [0.5, 0.6) is 0 Å². The maximum Gasteiger partial charge on any atom is 0.0731 e. The van der Waals surface area contributed by atoms with Gasteiger partial charge >= 0.3 is 0 Å². The Balaban J connectivity index is 1.25. The highest BCUT2D eigenvalue weighted by molar-refractivity contribution is 6.17. The summed E-state index contributed by atoms with van der Waals surface area (Å²) in [6, 6.07) is 83.1. The molecule has 12 rings (SSSR count). The van der Waals surface area contributed by atoms with E-state index in [2.05, 4.69) is 229 Å². The fourth-order valence-corrected chi connectivity index (χ4v) is 10.3. The summed E-state index contributed by atoms with van der Waals surface area (Å²) >= 11 is 0. The lowest BCUT2D eigenvalue weighted by Crippen LogP contribution is -2.26. The third-order valence-corrected chi connectivity index (χ3v) is 12.6. The third kappa shape index (κ3) is 4.59. The molecule has 0 saturated heterocycles. The van der Waals surface area contributed by atoms with Gasteiger partial charge in [0.05, 0.1) is 11.1 Å². The molecule has 10 aromatic carbocycles. The third-order valence-electron chi connectivity index (χ3n) is 12.6. The smallest absolute Gasteiger partial charge is 0.0731 e. The van der Waals surface area contributed by atoms with Crippen molar-refractivity contribution in [3.63, 3.8) is 0 Å². The summed E-state index contributed by atoms with van der Waals surface area (Å²) in [4.78, 5) is 2.52. The maximum absolute atomic E-state index is 2.52. The first-order chi connectivity index (χ1) is 28.8. The molecule has 270 valence electrons. The van der Waals surface area contributed by atoms with E-state index in [4.69, 9.17) is 0 Å². The van der Waals surface area contributed by atoms with E-state index in [1.807, 2.05) is 0 Å². The van der Waals surface area contributed by atoms with Crippen LogP contribution in [0.4, 0.5) is 17.1 Å². The van der Waals surface area contributed by atoms with Gasteiger partial charge in [-0.15, -0.1) is 0 Å². The molecule has 0 amide bonds. The maximum atomic E-state index is 2.52. The molecule has 1 nitrogen and oxygen atoms in total. The Bertz CT molecular complexity index is 3170. The van der Waals surface area contributed by atoms with Crippen molar-refractivity contribution >= 4 is 38.6 Å². The number of benzene rings is 10. The van der Waals surface area contributed by atoms with Crippen LogP contribution in [-0.2, 0) is 5.41 Å². The lowest BCUT2D eigenvalue weighted by Gasteiger charge is -2.34. The van der Waals surface area contributed by atoms with Crippen molar-refractivity contribution in [3.05, 3.63) is 247 Å². The minimum Gasteiger partial charge on any atom is -0.309 e. The molecule has 2 aliphatic rings. The summed E-state index contributed by atoms with van der Waals surface area (Å²) in [6.07, 6.45) is 0. The highest BCUT2D eigenvalue weighted by Gasteiger charge is 2.53. The zero-order chi connectivity index (χ0) is 38.2. The first kappa shape index (κ1) is 32.7. The predicted molar refractivity (Wildman–Crippen MR) is 243 cm³/mol. The van der Waals surface area contributed by atoms with Crippen molar-refractivity contribution < 1.29 is 0 Å². The van der Waals surface area contributed by atoms with Gasteiger partial charge in [-0.1, -0.05) is 200 Å². The SMILES string of the molecule is c1ccc(-c2ccc(N(c3ccc4ccccc4c3)c3c(-c4ccccc4)c4c(c5ccccc35)C3(c5ccccc5-c5ccccc53)c3ccccc3-4)cc2)cc1. The summed E-state index contributed by atoms with van der Waals surface area (Å²) in [5.74, 6) is 0. The monoisotopic (exact) mass is 735 g/mol. The number of fused-ring (bicyclic) bond motifs is 13. The van der Waals surface area contributed by atoms with Crippen molar-refractivity contribution in [2.45, 2.75) is 5.41 Å². The molecule has 0 heterocycles. The van der Waals surface area contributed by atoms with E-state index in [1.165, 1.54) is 94.0 Å². The van der Waals surface area contributed by atoms with Gasteiger partial charge in [0.2, 0.25) is 0 Å². The molecule has 0 aromatic heterocycles. The quantitative estimate of drug-likeness (QED) is 0.170. The standard InChI is InChI=1S/C57H37N/c1-3-17-38(18-4-1)40-31-34-43(35-32-40)58(44-36-33-39-19-7-8-22-42(39)37-44)56-48-26-10-9-25-47(48)55-54(53(56)41-20-5-2-6-21-41)49-27-13-16-30-52(49)57(55)50-28-14-11-23-45(50)46-24-12-15-29-51(46)57/h1-37H. The molecule has 0 bridgehead atoms. The largest absolute Gasteiger partial charge is 0.309 e. The number of nitrogens with zero attached hydrogens (tertiary/aromatic N) is 1. The molecule has 0 saturated carbocycles. The van der Waals surface area contributed by atoms with E-state index < -0.39 is 5.41 Å². The summed E-state index contributed by atoms with van der Waals surface area (Å²) in [5.41, 5.74) is 18.3. The Labute approximate surface area is 338 Å². The highest BCUT2D eigenvalue weighted by atomic mass is 15.1. The second-order valence-electron chi connectivity index (χ2n) is 15.6. The molecule has 0 N–H and O–H groups in total. The van der Waals surface area contributed by atoms with Crippen LogP contribution in [0.1, 0.15) is 22.3 Å². The fraction of sp³-hybridized carbons (Fsp3) is 0.0175. The lowest BCUT2D eigenvalue weighted by molar-refractivity contribution is 0.801. The molecular formula is C57H37N. The number of anilines is 3. The Morgan fingerprint density at radius 2 is 0.793 bits per heavy atom. The first-order valence-corrected chi connectivity index (χ1v) is 20.2. The lowest BCUT2D eigenvalue weighted by atomic mass is 9.69. The predicted octanol–water partition coefficient (Wildman–Crippen LogP) is 15.1. The number of hydrogen-bond donors (Lipinski definition) is 0. The molecular weight excluding hydrogens is 699 g/mol. The van der Waals surface area contributed by atoms with Gasteiger partial charge in [0.15, 0.2) is 0 Å².